The van der Waals surface area contributed by atoms with E-state index >= 15 is 0 Å². The second-order valence-electron chi connectivity index (χ2n) is 4.69. The third-order valence-corrected chi connectivity index (χ3v) is 3.95. The molecule has 126 valence electrons. The van der Waals surface area contributed by atoms with E-state index in [1.165, 1.54) is 14.0 Å². The number of ether oxygens (including phenoxy) is 4. The van der Waals surface area contributed by atoms with Gasteiger partial charge in [0.05, 0.1) is 0 Å². The summed E-state index contributed by atoms with van der Waals surface area (Å²) in [6.07, 6.45) is -5.47. The Morgan fingerprint density at radius 3 is 2.27 bits per heavy atom. The molecule has 0 aromatic carbocycles. The Bertz CT molecular complexity index is 543. The molecule has 0 N–H and O–H groups in total. The van der Waals surface area contributed by atoms with Crippen LogP contribution in [0.4, 0.5) is 0 Å². The van der Waals surface area contributed by atoms with Crippen LogP contribution in [0.15, 0.2) is 0 Å². The van der Waals surface area contributed by atoms with Crippen molar-refractivity contribution in [1.29, 1.82) is 0 Å². The van der Waals surface area contributed by atoms with Crippen molar-refractivity contribution >= 4 is 22.3 Å². The van der Waals surface area contributed by atoms with Gasteiger partial charge in [-0.05, 0) is 0 Å². The van der Waals surface area contributed by atoms with Gasteiger partial charge >= 0.3 is 22.3 Å². The molecule has 0 unspecified atom stereocenters. The average Bonchev–Trinajstić information content (AvgIpc) is 2.72. The summed E-state index contributed by atoms with van der Waals surface area (Å²) >= 11 is 0. The number of rotatable bonds is 4. The Balaban J connectivity index is 2.24. The molecule has 2 aliphatic rings. The van der Waals surface area contributed by atoms with Crippen molar-refractivity contribution in [3.63, 3.8) is 0 Å². The van der Waals surface area contributed by atoms with Gasteiger partial charge in [-0.15, -0.1) is 0 Å². The third-order valence-electron chi connectivity index (χ3n) is 3.03. The highest BCUT2D eigenvalue weighted by Crippen LogP contribution is 2.35. The zero-order valence-electron chi connectivity index (χ0n) is 12.1. The summed E-state index contributed by atoms with van der Waals surface area (Å²) in [7, 11) is -2.98. The molecule has 0 aromatic rings. The molecule has 22 heavy (non-hydrogen) atoms. The Morgan fingerprint density at radius 1 is 1.09 bits per heavy atom. The molecular formula is C11H16O10S. The van der Waals surface area contributed by atoms with E-state index < -0.39 is 53.0 Å². The molecule has 0 radical (unpaired) electrons. The second-order valence-corrected chi connectivity index (χ2v) is 5.89. The van der Waals surface area contributed by atoms with Crippen LogP contribution >= 0.6 is 0 Å². The van der Waals surface area contributed by atoms with Gasteiger partial charge in [0, 0.05) is 21.0 Å². The van der Waals surface area contributed by atoms with Crippen molar-refractivity contribution < 1.29 is 45.3 Å². The fourth-order valence-corrected chi connectivity index (χ4v) is 3.28. The lowest BCUT2D eigenvalue weighted by Crippen LogP contribution is -2.59. The highest BCUT2D eigenvalue weighted by molar-refractivity contribution is 7.82. The number of hydrogen-bond acceptors (Lipinski definition) is 10. The molecule has 0 spiro atoms. The molecule has 2 aliphatic heterocycles. The monoisotopic (exact) mass is 340 g/mol. The summed E-state index contributed by atoms with van der Waals surface area (Å²) in [5, 5.41) is 0. The highest BCUT2D eigenvalue weighted by atomic mass is 32.3. The normalized spacial score (nSPS) is 36.4. The summed E-state index contributed by atoms with van der Waals surface area (Å²) in [5.41, 5.74) is 0. The van der Waals surface area contributed by atoms with Crippen LogP contribution in [0.3, 0.4) is 0 Å². The Morgan fingerprint density at radius 2 is 1.73 bits per heavy atom. The lowest BCUT2D eigenvalue weighted by molar-refractivity contribution is -0.279. The largest absolute Gasteiger partial charge is 0.463 e. The molecule has 0 aliphatic carbocycles. The molecule has 2 rings (SSSR count). The molecule has 10 nitrogen and oxygen atoms in total. The van der Waals surface area contributed by atoms with Gasteiger partial charge in [-0.25, -0.2) is 8.37 Å². The summed E-state index contributed by atoms with van der Waals surface area (Å²) in [6, 6.07) is 0. The Labute approximate surface area is 126 Å². The van der Waals surface area contributed by atoms with Crippen LogP contribution in [0.5, 0.6) is 0 Å². The van der Waals surface area contributed by atoms with Crippen LogP contribution in [-0.2, 0) is 47.3 Å². The number of fused-ring (bicyclic) bond motifs is 1. The van der Waals surface area contributed by atoms with E-state index in [2.05, 4.69) is 0 Å². The van der Waals surface area contributed by atoms with Gasteiger partial charge < -0.3 is 18.9 Å². The first kappa shape index (κ1) is 17.1. The van der Waals surface area contributed by atoms with Gasteiger partial charge in [-0.3, -0.25) is 9.59 Å². The van der Waals surface area contributed by atoms with Crippen molar-refractivity contribution in [3.8, 4) is 0 Å². The molecule has 11 heteroatoms. The van der Waals surface area contributed by atoms with Crippen LogP contribution in [0, 0.1) is 0 Å². The van der Waals surface area contributed by atoms with E-state index in [0.717, 1.165) is 6.92 Å². The minimum absolute atomic E-state index is 0.262. The molecule has 0 amide bonds. The van der Waals surface area contributed by atoms with Gasteiger partial charge in [0.15, 0.2) is 18.5 Å². The molecule has 2 fully saturated rings. The first-order chi connectivity index (χ1) is 10.2. The average molecular weight is 340 g/mol. The molecule has 2 saturated heterocycles. The van der Waals surface area contributed by atoms with Crippen LogP contribution in [0.2, 0.25) is 0 Å². The standard InChI is InChI=1S/C11H16O10S/c1-5(12)17-4-7-8-9(21-22(14,15)20-8)10(18-6(2)13)11(16-3)19-7/h7-11H,4H2,1-3H3/t7-,8+,9+,10-,11+/m1/s1. The van der Waals surface area contributed by atoms with Crippen LogP contribution in [-0.4, -0.2) is 64.8 Å². The lowest BCUT2D eigenvalue weighted by atomic mass is 9.99. The van der Waals surface area contributed by atoms with Gasteiger partial charge in [-0.1, -0.05) is 0 Å². The lowest BCUT2D eigenvalue weighted by Gasteiger charge is -2.39. The quantitative estimate of drug-likeness (QED) is 0.581. The number of esters is 2. The van der Waals surface area contributed by atoms with Crippen molar-refractivity contribution in [2.45, 2.75) is 44.6 Å². The Hall–Kier alpha value is -1.27. The number of carbonyl (C=O) groups excluding carboxylic acids is 2. The molecule has 5 atom stereocenters. The van der Waals surface area contributed by atoms with E-state index in [-0.39, 0.29) is 6.61 Å². The molecular weight excluding hydrogens is 324 g/mol. The van der Waals surface area contributed by atoms with E-state index in [0.29, 0.717) is 0 Å². The smallest absolute Gasteiger partial charge is 0.400 e. The fraction of sp³-hybridized carbons (Fsp3) is 0.818. The van der Waals surface area contributed by atoms with Gasteiger partial charge in [0.1, 0.15) is 18.8 Å². The van der Waals surface area contributed by atoms with E-state index in [1.54, 1.807) is 0 Å². The minimum Gasteiger partial charge on any atom is -0.463 e. The van der Waals surface area contributed by atoms with Crippen LogP contribution in [0.25, 0.3) is 0 Å². The maximum atomic E-state index is 11.5. The summed E-state index contributed by atoms with van der Waals surface area (Å²) < 4.78 is 53.0. The summed E-state index contributed by atoms with van der Waals surface area (Å²) in [6.45, 7) is 2.08. The van der Waals surface area contributed by atoms with Crippen molar-refractivity contribution in [2.75, 3.05) is 13.7 Å². The van der Waals surface area contributed by atoms with E-state index in [9.17, 15) is 18.0 Å². The van der Waals surface area contributed by atoms with Crippen molar-refractivity contribution in [3.05, 3.63) is 0 Å². The van der Waals surface area contributed by atoms with E-state index in [4.69, 9.17) is 27.3 Å². The fourth-order valence-electron chi connectivity index (χ4n) is 2.24. The minimum atomic E-state index is -4.27. The van der Waals surface area contributed by atoms with Crippen molar-refractivity contribution in [1.82, 2.24) is 0 Å². The maximum Gasteiger partial charge on any atom is 0.400 e. The Kier molecular flexibility index (Phi) is 5.02. The van der Waals surface area contributed by atoms with Crippen LogP contribution in [0.1, 0.15) is 13.8 Å². The number of methoxy groups -OCH3 is 1. The van der Waals surface area contributed by atoms with Gasteiger partial charge in [0.25, 0.3) is 0 Å². The SMILES string of the molecule is CO[C@H]1O[C@H](COC(C)=O)[C@@H]2OS(=O)(=O)O[C@@H]2[C@H]1OC(C)=O. The van der Waals surface area contributed by atoms with E-state index in [1.807, 2.05) is 0 Å². The molecule has 0 bridgehead atoms. The summed E-state index contributed by atoms with van der Waals surface area (Å²) in [5.74, 6) is -1.24. The maximum absolute atomic E-state index is 11.5. The first-order valence-electron chi connectivity index (χ1n) is 6.34. The number of carbonyl (C=O) groups is 2. The molecule has 0 aromatic heterocycles. The van der Waals surface area contributed by atoms with Crippen LogP contribution < -0.4 is 0 Å². The highest BCUT2D eigenvalue weighted by Gasteiger charge is 2.57. The zero-order chi connectivity index (χ0) is 16.5. The first-order valence-corrected chi connectivity index (χ1v) is 7.67. The van der Waals surface area contributed by atoms with Crippen molar-refractivity contribution in [2.24, 2.45) is 0 Å². The zero-order valence-corrected chi connectivity index (χ0v) is 12.9. The van der Waals surface area contributed by atoms with Gasteiger partial charge in [-0.2, -0.15) is 8.42 Å². The second kappa shape index (κ2) is 6.46. The number of hydrogen-bond donors (Lipinski definition) is 0. The molecule has 2 heterocycles. The third kappa shape index (κ3) is 3.73. The molecule has 0 saturated carbocycles. The summed E-state index contributed by atoms with van der Waals surface area (Å²) in [4.78, 5) is 22.1. The predicted molar refractivity (Wildman–Crippen MR) is 66.5 cm³/mol. The topological polar surface area (TPSA) is 124 Å². The van der Waals surface area contributed by atoms with Gasteiger partial charge in [0.2, 0.25) is 0 Å². The predicted octanol–water partition coefficient (Wildman–Crippen LogP) is -1.12.